The fraction of sp³-hybridized carbons (Fsp3) is 0.167. The number of amides is 1. The molecular formula is C12H11N5O2S. The number of hydrogen-bond donors (Lipinski definition) is 1. The number of carbonyl (C=O) groups excluding carboxylic acids is 1. The summed E-state index contributed by atoms with van der Waals surface area (Å²) < 4.78 is 5.30. The van der Waals surface area contributed by atoms with Crippen LogP contribution in [0.1, 0.15) is 21.3 Å². The molecule has 1 amide bonds. The molecule has 0 fully saturated rings. The zero-order valence-electron chi connectivity index (χ0n) is 10.4. The van der Waals surface area contributed by atoms with Gasteiger partial charge in [-0.2, -0.15) is 5.21 Å². The summed E-state index contributed by atoms with van der Waals surface area (Å²) in [5.74, 6) is 0.468. The van der Waals surface area contributed by atoms with Gasteiger partial charge in [0.15, 0.2) is 0 Å². The fourth-order valence-electron chi connectivity index (χ4n) is 1.77. The molecule has 102 valence electrons. The average molecular weight is 289 g/mol. The maximum atomic E-state index is 12.4. The topological polar surface area (TPSA) is 87.9 Å². The van der Waals surface area contributed by atoms with E-state index in [-0.39, 0.29) is 11.7 Å². The van der Waals surface area contributed by atoms with E-state index < -0.39 is 0 Å². The predicted molar refractivity (Wildman–Crippen MR) is 70.8 cm³/mol. The Morgan fingerprint density at radius 3 is 2.95 bits per heavy atom. The van der Waals surface area contributed by atoms with Gasteiger partial charge < -0.3 is 9.32 Å². The Bertz CT molecular complexity index is 612. The third-order valence-electron chi connectivity index (χ3n) is 2.68. The summed E-state index contributed by atoms with van der Waals surface area (Å²) in [6.07, 6.45) is 1.58. The first-order chi connectivity index (χ1) is 9.83. The van der Waals surface area contributed by atoms with Crippen LogP contribution in [0, 0.1) is 0 Å². The highest BCUT2D eigenvalue weighted by atomic mass is 32.1. The van der Waals surface area contributed by atoms with Gasteiger partial charge in [-0.15, -0.1) is 21.5 Å². The van der Waals surface area contributed by atoms with Crippen LogP contribution in [-0.4, -0.2) is 31.4 Å². The first kappa shape index (κ1) is 12.5. The molecule has 3 aromatic heterocycles. The van der Waals surface area contributed by atoms with E-state index in [4.69, 9.17) is 4.42 Å². The van der Waals surface area contributed by atoms with Crippen molar-refractivity contribution in [2.24, 2.45) is 0 Å². The van der Waals surface area contributed by atoms with Gasteiger partial charge in [0.25, 0.3) is 11.7 Å². The molecule has 20 heavy (non-hydrogen) atoms. The second-order valence-corrected chi connectivity index (χ2v) is 5.09. The van der Waals surface area contributed by atoms with Crippen LogP contribution in [0.5, 0.6) is 0 Å². The summed E-state index contributed by atoms with van der Waals surface area (Å²) in [7, 11) is 0. The van der Waals surface area contributed by atoms with Gasteiger partial charge in [0.2, 0.25) is 0 Å². The summed E-state index contributed by atoms with van der Waals surface area (Å²) in [5, 5.41) is 15.1. The number of hydrogen-bond acceptors (Lipinski definition) is 6. The number of tetrazole rings is 1. The molecular weight excluding hydrogens is 278 g/mol. The fourth-order valence-corrected chi connectivity index (χ4v) is 2.49. The Morgan fingerprint density at radius 2 is 2.30 bits per heavy atom. The molecule has 0 saturated carbocycles. The minimum atomic E-state index is -0.288. The Balaban J connectivity index is 1.81. The lowest BCUT2D eigenvalue weighted by Crippen LogP contribution is -2.30. The molecule has 7 nitrogen and oxygen atoms in total. The van der Waals surface area contributed by atoms with Gasteiger partial charge in [0, 0.05) is 4.88 Å². The van der Waals surface area contributed by atoms with Crippen LogP contribution in [0.2, 0.25) is 0 Å². The third-order valence-corrected chi connectivity index (χ3v) is 3.54. The van der Waals surface area contributed by atoms with E-state index in [2.05, 4.69) is 20.6 Å². The van der Waals surface area contributed by atoms with Gasteiger partial charge in [-0.25, -0.2) is 0 Å². The Kier molecular flexibility index (Phi) is 3.55. The van der Waals surface area contributed by atoms with Gasteiger partial charge >= 0.3 is 0 Å². The molecule has 8 heteroatoms. The highest BCUT2D eigenvalue weighted by Crippen LogP contribution is 2.16. The lowest BCUT2D eigenvalue weighted by Gasteiger charge is -2.19. The van der Waals surface area contributed by atoms with Gasteiger partial charge in [-0.05, 0) is 28.8 Å². The van der Waals surface area contributed by atoms with Crippen LogP contribution >= 0.6 is 11.3 Å². The smallest absolute Gasteiger partial charge is 0.296 e. The highest BCUT2D eigenvalue weighted by Gasteiger charge is 2.21. The van der Waals surface area contributed by atoms with Crippen molar-refractivity contribution in [2.75, 3.05) is 0 Å². The molecule has 0 spiro atoms. The van der Waals surface area contributed by atoms with Crippen LogP contribution in [0.15, 0.2) is 40.3 Å². The van der Waals surface area contributed by atoms with E-state index in [1.807, 2.05) is 23.6 Å². The van der Waals surface area contributed by atoms with Crippen molar-refractivity contribution in [2.45, 2.75) is 13.1 Å². The summed E-state index contributed by atoms with van der Waals surface area (Å²) in [5.41, 5.74) is 0. The minimum absolute atomic E-state index is 0.0492. The number of furan rings is 1. The Hall–Kier alpha value is -2.48. The maximum absolute atomic E-state index is 12.4. The number of nitrogens with zero attached hydrogens (tertiary/aromatic N) is 4. The molecule has 0 aliphatic rings. The number of rotatable bonds is 5. The first-order valence-electron chi connectivity index (χ1n) is 5.90. The molecule has 0 saturated heterocycles. The predicted octanol–water partition coefficient (Wildman–Crippen LogP) is 1.70. The number of aromatic amines is 1. The van der Waals surface area contributed by atoms with E-state index in [0.717, 1.165) is 4.88 Å². The normalized spacial score (nSPS) is 10.6. The minimum Gasteiger partial charge on any atom is -0.467 e. The lowest BCUT2D eigenvalue weighted by atomic mass is 10.3. The lowest BCUT2D eigenvalue weighted by molar-refractivity contribution is 0.0707. The van der Waals surface area contributed by atoms with Crippen molar-refractivity contribution in [1.29, 1.82) is 0 Å². The second-order valence-electron chi connectivity index (χ2n) is 4.06. The van der Waals surface area contributed by atoms with Crippen LogP contribution < -0.4 is 0 Å². The van der Waals surface area contributed by atoms with Crippen molar-refractivity contribution >= 4 is 17.2 Å². The maximum Gasteiger partial charge on any atom is 0.296 e. The molecule has 3 aromatic rings. The van der Waals surface area contributed by atoms with Crippen molar-refractivity contribution in [3.8, 4) is 0 Å². The zero-order chi connectivity index (χ0) is 13.8. The summed E-state index contributed by atoms with van der Waals surface area (Å²) >= 11 is 1.59. The average Bonchev–Trinajstić information content (AvgIpc) is 3.20. The van der Waals surface area contributed by atoms with E-state index in [1.54, 1.807) is 28.6 Å². The number of aromatic nitrogens is 4. The monoisotopic (exact) mass is 289 g/mol. The molecule has 0 bridgehead atoms. The molecule has 1 N–H and O–H groups in total. The van der Waals surface area contributed by atoms with Crippen LogP contribution in [0.25, 0.3) is 0 Å². The van der Waals surface area contributed by atoms with E-state index in [9.17, 15) is 4.79 Å². The van der Waals surface area contributed by atoms with Crippen molar-refractivity contribution < 1.29 is 9.21 Å². The molecule has 3 heterocycles. The third kappa shape index (κ3) is 2.75. The summed E-state index contributed by atoms with van der Waals surface area (Å²) in [4.78, 5) is 15.1. The molecule has 0 aliphatic carbocycles. The molecule has 0 aromatic carbocycles. The Morgan fingerprint density at radius 1 is 1.35 bits per heavy atom. The standard InChI is InChI=1S/C12H11N5O2S/c18-12(11-13-15-16-14-11)17(7-9-3-1-5-19-9)8-10-4-2-6-20-10/h1-6H,7-8H2,(H,13,14,15,16). The van der Waals surface area contributed by atoms with Crippen molar-refractivity contribution in [3.05, 3.63) is 52.4 Å². The number of H-pyrrole nitrogens is 1. The molecule has 3 rings (SSSR count). The van der Waals surface area contributed by atoms with E-state index in [0.29, 0.717) is 18.8 Å². The van der Waals surface area contributed by atoms with Crippen LogP contribution in [-0.2, 0) is 13.1 Å². The van der Waals surface area contributed by atoms with E-state index in [1.165, 1.54) is 0 Å². The quantitative estimate of drug-likeness (QED) is 0.772. The van der Waals surface area contributed by atoms with Gasteiger partial charge in [0.05, 0.1) is 19.4 Å². The Labute approximate surface area is 118 Å². The van der Waals surface area contributed by atoms with Crippen molar-refractivity contribution in [1.82, 2.24) is 25.5 Å². The number of thiophene rings is 1. The molecule has 0 unspecified atom stereocenters. The molecule has 0 radical (unpaired) electrons. The second kappa shape index (κ2) is 5.66. The molecule has 0 atom stereocenters. The zero-order valence-corrected chi connectivity index (χ0v) is 11.2. The number of nitrogens with one attached hydrogen (secondary N) is 1. The summed E-state index contributed by atoms with van der Waals surface area (Å²) in [6, 6.07) is 7.54. The van der Waals surface area contributed by atoms with Crippen LogP contribution in [0.3, 0.4) is 0 Å². The van der Waals surface area contributed by atoms with Gasteiger partial charge in [-0.1, -0.05) is 6.07 Å². The van der Waals surface area contributed by atoms with Crippen molar-refractivity contribution in [3.63, 3.8) is 0 Å². The van der Waals surface area contributed by atoms with Crippen LogP contribution in [0.4, 0.5) is 0 Å². The SMILES string of the molecule is O=C(c1nn[nH]n1)N(Cc1ccco1)Cc1cccs1. The van der Waals surface area contributed by atoms with Gasteiger partial charge in [0.1, 0.15) is 5.76 Å². The highest BCUT2D eigenvalue weighted by molar-refractivity contribution is 7.09. The first-order valence-corrected chi connectivity index (χ1v) is 6.78. The van der Waals surface area contributed by atoms with Gasteiger partial charge in [-0.3, -0.25) is 4.79 Å². The number of carbonyl (C=O) groups is 1. The molecule has 0 aliphatic heterocycles. The largest absolute Gasteiger partial charge is 0.467 e. The van der Waals surface area contributed by atoms with E-state index >= 15 is 0 Å². The summed E-state index contributed by atoms with van der Waals surface area (Å²) in [6.45, 7) is 0.837.